The van der Waals surface area contributed by atoms with E-state index in [9.17, 15) is 9.18 Å². The van der Waals surface area contributed by atoms with Crippen LogP contribution in [0.4, 0.5) is 30.8 Å². The van der Waals surface area contributed by atoms with E-state index in [2.05, 4.69) is 20.6 Å². The first-order valence-corrected chi connectivity index (χ1v) is 10.3. The number of anilines is 3. The lowest BCUT2D eigenvalue weighted by Crippen LogP contribution is -2.49. The molecular weight excluding hydrogens is 436 g/mol. The van der Waals surface area contributed by atoms with Crippen LogP contribution in [0, 0.1) is 12.7 Å². The van der Waals surface area contributed by atoms with Crippen molar-refractivity contribution in [2.45, 2.75) is 12.6 Å². The van der Waals surface area contributed by atoms with Gasteiger partial charge in [0.2, 0.25) is 5.88 Å². The molecule has 0 saturated carbocycles. The van der Waals surface area contributed by atoms with Gasteiger partial charge < -0.3 is 25.3 Å². The third-order valence-electron chi connectivity index (χ3n) is 5.65. The van der Waals surface area contributed by atoms with Crippen molar-refractivity contribution in [1.29, 1.82) is 0 Å². The van der Waals surface area contributed by atoms with Crippen LogP contribution in [0.25, 0.3) is 21.9 Å². The van der Waals surface area contributed by atoms with Crippen LogP contribution >= 0.6 is 0 Å². The van der Waals surface area contributed by atoms with Crippen LogP contribution in [0.5, 0.6) is 5.88 Å². The van der Waals surface area contributed by atoms with Gasteiger partial charge in [-0.2, -0.15) is 0 Å². The molecule has 0 radical (unpaired) electrons. The van der Waals surface area contributed by atoms with Crippen LogP contribution in [0.1, 0.15) is 5.56 Å². The van der Waals surface area contributed by atoms with E-state index in [-0.39, 0.29) is 30.3 Å². The quantitative estimate of drug-likeness (QED) is 0.510. The van der Waals surface area contributed by atoms with Gasteiger partial charge in [-0.25, -0.2) is 23.5 Å². The predicted molar refractivity (Wildman–Crippen MR) is 118 cm³/mol. The van der Waals surface area contributed by atoms with Crippen molar-refractivity contribution >= 4 is 34.1 Å². The van der Waals surface area contributed by atoms with Gasteiger partial charge in [0.15, 0.2) is 11.5 Å². The Labute approximate surface area is 187 Å². The molecule has 172 valence electrons. The molecule has 4 N–H and O–H groups in total. The van der Waals surface area contributed by atoms with Crippen molar-refractivity contribution in [3.05, 3.63) is 35.9 Å². The molecule has 2 aliphatic heterocycles. The maximum absolute atomic E-state index is 15.2. The van der Waals surface area contributed by atoms with Gasteiger partial charge in [0, 0.05) is 35.5 Å². The van der Waals surface area contributed by atoms with Crippen molar-refractivity contribution < 1.29 is 27.8 Å². The van der Waals surface area contributed by atoms with E-state index in [4.69, 9.17) is 19.9 Å². The minimum absolute atomic E-state index is 0.0742. The highest BCUT2D eigenvalue weighted by Gasteiger charge is 2.40. The average Bonchev–Trinajstić information content (AvgIpc) is 2.79. The molecule has 3 aromatic rings. The molecule has 0 atom stereocenters. The number of nitrogen functional groups attached to an aromatic ring is 1. The zero-order valence-corrected chi connectivity index (χ0v) is 17.7. The summed E-state index contributed by atoms with van der Waals surface area (Å²) in [6, 6.07) is 3.15. The van der Waals surface area contributed by atoms with E-state index >= 15 is 4.39 Å². The van der Waals surface area contributed by atoms with E-state index in [1.165, 1.54) is 12.3 Å². The number of pyridine rings is 2. The first kappa shape index (κ1) is 21.1. The second kappa shape index (κ2) is 8.00. The highest BCUT2D eigenvalue weighted by molar-refractivity contribution is 5.99. The fraction of sp³-hybridized carbons (Fsp3) is 0.318. The van der Waals surface area contributed by atoms with Crippen molar-refractivity contribution in [2.75, 3.05) is 49.3 Å². The summed E-state index contributed by atoms with van der Waals surface area (Å²) in [4.78, 5) is 20.4. The summed E-state index contributed by atoms with van der Waals surface area (Å²) in [5.74, 6) is 0.0222. The number of aromatic nitrogens is 2. The minimum Gasteiger partial charge on any atom is -0.474 e. The van der Waals surface area contributed by atoms with E-state index in [1.807, 2.05) is 6.92 Å². The maximum atomic E-state index is 15.2. The van der Waals surface area contributed by atoms with Crippen molar-refractivity contribution in [2.24, 2.45) is 0 Å². The average molecular weight is 457 g/mol. The number of fused-ring (bicyclic) bond motifs is 2. The Morgan fingerprint density at radius 3 is 2.88 bits per heavy atom. The highest BCUT2D eigenvalue weighted by atomic mass is 19.1. The fourth-order valence-electron chi connectivity index (χ4n) is 3.80. The lowest BCUT2D eigenvalue weighted by atomic mass is 9.97. The summed E-state index contributed by atoms with van der Waals surface area (Å²) in [6.07, 6.45) is 2.04. The molecule has 11 heteroatoms. The van der Waals surface area contributed by atoms with Gasteiger partial charge >= 0.3 is 6.09 Å². The summed E-state index contributed by atoms with van der Waals surface area (Å²) in [7, 11) is 0. The van der Waals surface area contributed by atoms with Crippen LogP contribution in [0.15, 0.2) is 24.5 Å². The van der Waals surface area contributed by atoms with Crippen LogP contribution in [0.2, 0.25) is 0 Å². The van der Waals surface area contributed by atoms with Gasteiger partial charge in [0.05, 0.1) is 18.9 Å². The lowest BCUT2D eigenvalue weighted by molar-refractivity contribution is -0.150. The van der Waals surface area contributed by atoms with Gasteiger partial charge in [-0.3, -0.25) is 5.32 Å². The number of nitrogens with two attached hydrogens (primary N) is 1. The number of amides is 1. The molecule has 0 bridgehead atoms. The third-order valence-corrected chi connectivity index (χ3v) is 5.65. The monoisotopic (exact) mass is 457 g/mol. The van der Waals surface area contributed by atoms with Crippen molar-refractivity contribution in [3.63, 3.8) is 0 Å². The number of halogens is 2. The van der Waals surface area contributed by atoms with Crippen molar-refractivity contribution in [3.8, 4) is 17.0 Å². The fourth-order valence-corrected chi connectivity index (χ4v) is 3.80. The number of carbonyl (C=O) groups is 1. The molecule has 9 nitrogen and oxygen atoms in total. The van der Waals surface area contributed by atoms with Gasteiger partial charge in [-0.05, 0) is 30.0 Å². The van der Waals surface area contributed by atoms with E-state index < -0.39 is 24.2 Å². The van der Waals surface area contributed by atoms with E-state index in [0.717, 1.165) is 5.56 Å². The van der Waals surface area contributed by atoms with E-state index in [1.54, 1.807) is 12.3 Å². The molecule has 5 rings (SSSR count). The second-order valence-electron chi connectivity index (χ2n) is 8.04. The van der Waals surface area contributed by atoms with Gasteiger partial charge in [-0.1, -0.05) is 0 Å². The van der Waals surface area contributed by atoms with Gasteiger partial charge in [0.25, 0.3) is 0 Å². The molecule has 1 amide bonds. The maximum Gasteiger partial charge on any atom is 0.412 e. The second-order valence-corrected chi connectivity index (χ2v) is 8.04. The molecule has 0 unspecified atom stereocenters. The SMILES string of the molecule is Cc1c(-c2cc3cc(NC(=O)OCC4(F)COC4)ncc3c(N)c2F)cnc2c1NCCO2. The van der Waals surface area contributed by atoms with Crippen molar-refractivity contribution in [1.82, 2.24) is 9.97 Å². The van der Waals surface area contributed by atoms with Gasteiger partial charge in [-0.15, -0.1) is 0 Å². The summed E-state index contributed by atoms with van der Waals surface area (Å²) < 4.78 is 44.4. The minimum atomic E-state index is -1.66. The Hall–Kier alpha value is -3.73. The molecule has 33 heavy (non-hydrogen) atoms. The number of hydrogen-bond donors (Lipinski definition) is 3. The number of alkyl halides is 1. The molecule has 1 fully saturated rings. The first-order valence-electron chi connectivity index (χ1n) is 10.3. The number of ether oxygens (including phenoxy) is 3. The zero-order valence-electron chi connectivity index (χ0n) is 17.7. The highest BCUT2D eigenvalue weighted by Crippen LogP contribution is 2.39. The normalized spacial score (nSPS) is 16.2. The standard InChI is InChI=1S/C22H21F2N5O4/c1-11-14(6-28-20-19(11)26-2-3-32-20)13-4-12-5-16(27-7-15(12)18(25)17(13)23)29-21(30)33-10-22(24)8-31-9-22/h4-7,26H,2-3,8-10,25H2,1H3,(H,27,29,30). The Morgan fingerprint density at radius 2 is 2.12 bits per heavy atom. The van der Waals surface area contributed by atoms with Crippen LogP contribution < -0.4 is 21.1 Å². The molecule has 1 aromatic carbocycles. The zero-order chi connectivity index (χ0) is 23.2. The lowest BCUT2D eigenvalue weighted by Gasteiger charge is -2.32. The molecule has 1 saturated heterocycles. The van der Waals surface area contributed by atoms with E-state index in [0.29, 0.717) is 41.1 Å². The summed E-state index contributed by atoms with van der Waals surface area (Å²) in [5, 5.41) is 6.60. The predicted octanol–water partition coefficient (Wildman–Crippen LogP) is 3.42. The molecule has 4 heterocycles. The van der Waals surface area contributed by atoms with Crippen LogP contribution in [-0.4, -0.2) is 54.7 Å². The number of hydrogen-bond acceptors (Lipinski definition) is 8. The Kier molecular flexibility index (Phi) is 5.12. The summed E-state index contributed by atoms with van der Waals surface area (Å²) in [6.45, 7) is 2.33. The van der Waals surface area contributed by atoms with Crippen LogP contribution in [-0.2, 0) is 9.47 Å². The number of carbonyl (C=O) groups excluding carboxylic acids is 1. The summed E-state index contributed by atoms with van der Waals surface area (Å²) in [5.41, 5.74) is 6.63. The topological polar surface area (TPSA) is 121 Å². The largest absolute Gasteiger partial charge is 0.474 e. The molecule has 2 aromatic heterocycles. The molecule has 2 aliphatic rings. The molecule has 0 spiro atoms. The Balaban J connectivity index is 1.46. The Bertz CT molecular complexity index is 1270. The number of nitrogens with zero attached hydrogens (tertiary/aromatic N) is 2. The third kappa shape index (κ3) is 3.84. The van der Waals surface area contributed by atoms with Crippen LogP contribution in [0.3, 0.4) is 0 Å². The summed E-state index contributed by atoms with van der Waals surface area (Å²) >= 11 is 0. The number of rotatable bonds is 4. The molecule has 0 aliphatic carbocycles. The Morgan fingerprint density at radius 1 is 1.30 bits per heavy atom. The number of benzene rings is 1. The number of nitrogens with one attached hydrogen (secondary N) is 2. The first-order chi connectivity index (χ1) is 15.8. The van der Waals surface area contributed by atoms with Gasteiger partial charge in [0.1, 0.15) is 24.7 Å². The smallest absolute Gasteiger partial charge is 0.412 e. The molecular formula is C22H21F2N5O4.